The van der Waals surface area contributed by atoms with Crippen LogP contribution >= 0.6 is 0 Å². The molecular formula is C12H15N3O5. The van der Waals surface area contributed by atoms with Gasteiger partial charge >= 0.3 is 12.1 Å². The summed E-state index contributed by atoms with van der Waals surface area (Å²) in [6, 6.07) is 1.29. The highest BCUT2D eigenvalue weighted by atomic mass is 16.5. The second-order valence-corrected chi connectivity index (χ2v) is 4.32. The van der Waals surface area contributed by atoms with Gasteiger partial charge in [0.1, 0.15) is 12.4 Å². The van der Waals surface area contributed by atoms with E-state index in [0.717, 1.165) is 6.33 Å². The molecular weight excluding hydrogens is 266 g/mol. The minimum atomic E-state index is -1.13. The number of piperidine rings is 1. The predicted molar refractivity (Wildman–Crippen MR) is 66.6 cm³/mol. The normalized spacial score (nSPS) is 15.8. The van der Waals surface area contributed by atoms with E-state index in [1.807, 2.05) is 0 Å². The minimum Gasteiger partial charge on any atom is -0.477 e. The smallest absolute Gasteiger partial charge is 0.409 e. The fourth-order valence-corrected chi connectivity index (χ4v) is 1.98. The number of ether oxygens (including phenoxy) is 2. The number of hydrogen-bond acceptors (Lipinski definition) is 6. The number of amides is 1. The summed E-state index contributed by atoms with van der Waals surface area (Å²) in [5, 5.41) is 8.83. The van der Waals surface area contributed by atoms with Crippen molar-refractivity contribution in [3.8, 4) is 5.88 Å². The number of methoxy groups -OCH3 is 1. The number of aromatic nitrogens is 2. The molecule has 0 atom stereocenters. The maximum absolute atomic E-state index is 11.3. The molecule has 1 aliphatic rings. The highest BCUT2D eigenvalue weighted by Crippen LogP contribution is 2.17. The molecule has 8 heteroatoms. The minimum absolute atomic E-state index is 0.104. The maximum Gasteiger partial charge on any atom is 0.409 e. The number of carbonyl (C=O) groups is 2. The van der Waals surface area contributed by atoms with Crippen molar-refractivity contribution in [2.75, 3.05) is 20.2 Å². The van der Waals surface area contributed by atoms with Gasteiger partial charge in [0.2, 0.25) is 5.88 Å². The molecule has 1 amide bonds. The Morgan fingerprint density at radius 2 is 2.05 bits per heavy atom. The van der Waals surface area contributed by atoms with Crippen LogP contribution in [-0.2, 0) is 4.74 Å². The van der Waals surface area contributed by atoms with Gasteiger partial charge in [-0.15, -0.1) is 0 Å². The van der Waals surface area contributed by atoms with Gasteiger partial charge in [-0.1, -0.05) is 0 Å². The van der Waals surface area contributed by atoms with E-state index < -0.39 is 5.97 Å². The Kier molecular flexibility index (Phi) is 4.34. The van der Waals surface area contributed by atoms with Crippen LogP contribution in [0.5, 0.6) is 5.88 Å². The van der Waals surface area contributed by atoms with Gasteiger partial charge < -0.3 is 19.5 Å². The first kappa shape index (κ1) is 14.0. The van der Waals surface area contributed by atoms with Gasteiger partial charge in [0, 0.05) is 32.0 Å². The fourth-order valence-electron chi connectivity index (χ4n) is 1.98. The van der Waals surface area contributed by atoms with Crippen LogP contribution in [0.1, 0.15) is 23.3 Å². The van der Waals surface area contributed by atoms with Crippen molar-refractivity contribution in [1.29, 1.82) is 0 Å². The lowest BCUT2D eigenvalue weighted by atomic mass is 10.1. The first-order valence-electron chi connectivity index (χ1n) is 6.15. The first-order valence-corrected chi connectivity index (χ1v) is 6.15. The molecule has 1 aromatic heterocycles. The van der Waals surface area contributed by atoms with Crippen LogP contribution in [0.4, 0.5) is 4.79 Å². The van der Waals surface area contributed by atoms with Gasteiger partial charge in [-0.25, -0.2) is 19.6 Å². The van der Waals surface area contributed by atoms with Crippen LogP contribution in [0.25, 0.3) is 0 Å². The molecule has 1 aliphatic heterocycles. The largest absolute Gasteiger partial charge is 0.477 e. The molecule has 0 unspecified atom stereocenters. The molecule has 1 N–H and O–H groups in total. The quantitative estimate of drug-likeness (QED) is 0.873. The lowest BCUT2D eigenvalue weighted by Gasteiger charge is -2.30. The maximum atomic E-state index is 11.3. The van der Waals surface area contributed by atoms with Crippen molar-refractivity contribution < 1.29 is 24.2 Å². The predicted octanol–water partition coefficient (Wildman–Crippen LogP) is 0.784. The Hall–Kier alpha value is -2.38. The standard InChI is InChI=1S/C12H15N3O5/c1-19-12(18)15-4-2-8(3-5-15)20-10-6-9(11(16)17)13-7-14-10/h6-8H,2-5H2,1H3,(H,16,17). The molecule has 1 saturated heterocycles. The number of hydrogen-bond donors (Lipinski definition) is 1. The molecule has 1 aromatic rings. The van der Waals surface area contributed by atoms with Crippen LogP contribution in [0, 0.1) is 0 Å². The zero-order valence-electron chi connectivity index (χ0n) is 11.0. The van der Waals surface area contributed by atoms with Crippen LogP contribution < -0.4 is 4.74 Å². The summed E-state index contributed by atoms with van der Waals surface area (Å²) in [5.74, 6) is -0.897. The molecule has 0 aliphatic carbocycles. The van der Waals surface area contributed by atoms with Crippen LogP contribution in [0.3, 0.4) is 0 Å². The van der Waals surface area contributed by atoms with E-state index in [2.05, 4.69) is 14.7 Å². The molecule has 108 valence electrons. The van der Waals surface area contributed by atoms with E-state index in [9.17, 15) is 9.59 Å². The van der Waals surface area contributed by atoms with E-state index in [1.165, 1.54) is 13.2 Å². The van der Waals surface area contributed by atoms with E-state index >= 15 is 0 Å². The average molecular weight is 281 g/mol. The summed E-state index contributed by atoms with van der Waals surface area (Å²) in [6.45, 7) is 1.07. The third kappa shape index (κ3) is 3.34. The van der Waals surface area contributed by atoms with Gasteiger partial charge in [-0.2, -0.15) is 0 Å². The summed E-state index contributed by atoms with van der Waals surface area (Å²) < 4.78 is 10.3. The van der Waals surface area contributed by atoms with Crippen LogP contribution in [0.2, 0.25) is 0 Å². The molecule has 2 rings (SSSR count). The van der Waals surface area contributed by atoms with Gasteiger partial charge in [0.05, 0.1) is 7.11 Å². The van der Waals surface area contributed by atoms with Crippen molar-refractivity contribution >= 4 is 12.1 Å². The molecule has 0 aromatic carbocycles. The highest BCUT2D eigenvalue weighted by molar-refractivity contribution is 5.85. The number of aromatic carboxylic acids is 1. The number of rotatable bonds is 3. The summed E-state index contributed by atoms with van der Waals surface area (Å²) >= 11 is 0. The Morgan fingerprint density at radius 3 is 2.65 bits per heavy atom. The zero-order valence-corrected chi connectivity index (χ0v) is 11.0. The number of likely N-dealkylation sites (tertiary alicyclic amines) is 1. The van der Waals surface area contributed by atoms with Gasteiger partial charge in [-0.05, 0) is 0 Å². The van der Waals surface area contributed by atoms with Crippen molar-refractivity contribution in [2.45, 2.75) is 18.9 Å². The van der Waals surface area contributed by atoms with E-state index in [4.69, 9.17) is 9.84 Å². The topological polar surface area (TPSA) is 102 Å². The van der Waals surface area contributed by atoms with Gasteiger partial charge in [0.25, 0.3) is 0 Å². The van der Waals surface area contributed by atoms with E-state index in [0.29, 0.717) is 25.9 Å². The summed E-state index contributed by atoms with van der Waals surface area (Å²) in [7, 11) is 1.35. The molecule has 0 saturated carbocycles. The Morgan fingerprint density at radius 1 is 1.35 bits per heavy atom. The summed E-state index contributed by atoms with van der Waals surface area (Å²) in [6.07, 6.45) is 1.98. The van der Waals surface area contributed by atoms with E-state index in [1.54, 1.807) is 4.90 Å². The number of nitrogens with zero attached hydrogens (tertiary/aromatic N) is 3. The zero-order chi connectivity index (χ0) is 14.5. The summed E-state index contributed by atoms with van der Waals surface area (Å²) in [5.41, 5.74) is -0.109. The van der Waals surface area contributed by atoms with Crippen molar-refractivity contribution in [1.82, 2.24) is 14.9 Å². The molecule has 20 heavy (non-hydrogen) atoms. The Balaban J connectivity index is 1.91. The molecule has 0 bridgehead atoms. The van der Waals surface area contributed by atoms with Crippen molar-refractivity contribution in [3.63, 3.8) is 0 Å². The summed E-state index contributed by atoms with van der Waals surface area (Å²) in [4.78, 5) is 31.2. The van der Waals surface area contributed by atoms with Crippen molar-refractivity contribution in [2.24, 2.45) is 0 Å². The molecule has 8 nitrogen and oxygen atoms in total. The number of carbonyl (C=O) groups excluding carboxylic acids is 1. The lowest BCUT2D eigenvalue weighted by molar-refractivity contribution is 0.0680. The molecule has 0 radical (unpaired) electrons. The average Bonchev–Trinajstić information content (AvgIpc) is 2.47. The third-order valence-electron chi connectivity index (χ3n) is 3.02. The first-order chi connectivity index (χ1) is 9.60. The SMILES string of the molecule is COC(=O)N1CCC(Oc2cc(C(=O)O)ncn2)CC1. The second kappa shape index (κ2) is 6.18. The number of carboxylic acid groups (broad SMARTS) is 1. The third-order valence-corrected chi connectivity index (χ3v) is 3.02. The van der Waals surface area contributed by atoms with Crippen LogP contribution in [0.15, 0.2) is 12.4 Å². The van der Waals surface area contributed by atoms with Crippen LogP contribution in [-0.4, -0.2) is 58.3 Å². The van der Waals surface area contributed by atoms with E-state index in [-0.39, 0.29) is 23.8 Å². The number of carboxylic acids is 1. The van der Waals surface area contributed by atoms with Gasteiger partial charge in [-0.3, -0.25) is 0 Å². The molecule has 1 fully saturated rings. The Bertz CT molecular complexity index is 500. The lowest BCUT2D eigenvalue weighted by Crippen LogP contribution is -2.41. The highest BCUT2D eigenvalue weighted by Gasteiger charge is 2.24. The Labute approximate surface area is 115 Å². The fraction of sp³-hybridized carbons (Fsp3) is 0.500. The monoisotopic (exact) mass is 281 g/mol. The van der Waals surface area contributed by atoms with Gasteiger partial charge in [0.15, 0.2) is 5.69 Å². The van der Waals surface area contributed by atoms with Crippen molar-refractivity contribution in [3.05, 3.63) is 18.1 Å². The second-order valence-electron chi connectivity index (χ2n) is 4.32. The molecule has 0 spiro atoms. The molecule has 2 heterocycles.